The maximum atomic E-state index is 13.7. The number of hydrogen-bond donors (Lipinski definition) is 1. The first-order valence-corrected chi connectivity index (χ1v) is 11.2. The molecule has 0 unspecified atom stereocenters. The van der Waals surface area contributed by atoms with Crippen LogP contribution in [0.2, 0.25) is 0 Å². The highest BCUT2D eigenvalue weighted by molar-refractivity contribution is 7.99. The first-order valence-electron chi connectivity index (χ1n) is 9.41. The Morgan fingerprint density at radius 3 is 2.93 bits per heavy atom. The lowest BCUT2D eigenvalue weighted by Gasteiger charge is -2.18. The van der Waals surface area contributed by atoms with Gasteiger partial charge in [-0.05, 0) is 61.8 Å². The Kier molecular flexibility index (Phi) is 5.05. The number of amides is 1. The molecule has 4 rings (SSSR count). The van der Waals surface area contributed by atoms with Crippen molar-refractivity contribution < 1.29 is 4.79 Å². The molecule has 0 spiro atoms. The number of hydrogen-bond acceptors (Lipinski definition) is 5. The summed E-state index contributed by atoms with van der Waals surface area (Å²) in [4.78, 5) is 31.9. The number of benzene rings is 1. The van der Waals surface area contributed by atoms with Gasteiger partial charge >= 0.3 is 0 Å². The Hall–Kier alpha value is -2.12. The van der Waals surface area contributed by atoms with Gasteiger partial charge in [0.2, 0.25) is 5.91 Å². The molecule has 28 heavy (non-hydrogen) atoms. The number of aryl methyl sites for hydroxylation is 3. The SMILES string of the molecule is Cc1ccc(C)c(-n2c(SCC(N)=O)nc3sc4c(c3c2=O)CC[C@H](C)C4)c1. The summed E-state index contributed by atoms with van der Waals surface area (Å²) in [7, 11) is 0. The third kappa shape index (κ3) is 3.37. The molecule has 2 N–H and O–H groups in total. The third-order valence-electron chi connectivity index (χ3n) is 5.25. The van der Waals surface area contributed by atoms with E-state index in [-0.39, 0.29) is 11.3 Å². The minimum absolute atomic E-state index is 0.0438. The van der Waals surface area contributed by atoms with Crippen molar-refractivity contribution in [3.8, 4) is 5.69 Å². The molecule has 0 radical (unpaired) electrons. The first-order chi connectivity index (χ1) is 13.3. The van der Waals surface area contributed by atoms with Gasteiger partial charge in [-0.1, -0.05) is 30.8 Å². The maximum absolute atomic E-state index is 13.7. The molecule has 0 bridgehead atoms. The first kappa shape index (κ1) is 19.2. The third-order valence-corrected chi connectivity index (χ3v) is 7.36. The van der Waals surface area contributed by atoms with Crippen LogP contribution >= 0.6 is 23.1 Å². The largest absolute Gasteiger partial charge is 0.369 e. The van der Waals surface area contributed by atoms with Gasteiger partial charge in [0, 0.05) is 4.88 Å². The predicted molar refractivity (Wildman–Crippen MR) is 116 cm³/mol. The molecule has 0 aliphatic heterocycles. The van der Waals surface area contributed by atoms with Crippen LogP contribution in [0.4, 0.5) is 0 Å². The van der Waals surface area contributed by atoms with Crippen molar-refractivity contribution in [2.45, 2.75) is 45.2 Å². The van der Waals surface area contributed by atoms with Gasteiger partial charge in [0.05, 0.1) is 16.8 Å². The van der Waals surface area contributed by atoms with Crippen LogP contribution in [0, 0.1) is 19.8 Å². The molecule has 1 aliphatic rings. The van der Waals surface area contributed by atoms with Crippen molar-refractivity contribution in [3.63, 3.8) is 0 Å². The second-order valence-corrected chi connectivity index (χ2v) is 9.64. The van der Waals surface area contributed by atoms with Gasteiger partial charge in [0.1, 0.15) is 4.83 Å². The van der Waals surface area contributed by atoms with E-state index in [4.69, 9.17) is 10.7 Å². The quantitative estimate of drug-likeness (QED) is 0.522. The van der Waals surface area contributed by atoms with E-state index in [1.165, 1.54) is 22.2 Å². The molecule has 7 heteroatoms. The van der Waals surface area contributed by atoms with Gasteiger partial charge in [0.25, 0.3) is 5.56 Å². The molecule has 5 nitrogen and oxygen atoms in total. The number of thioether (sulfide) groups is 1. The zero-order valence-electron chi connectivity index (χ0n) is 16.2. The van der Waals surface area contributed by atoms with E-state index in [2.05, 4.69) is 6.92 Å². The van der Waals surface area contributed by atoms with Crippen molar-refractivity contribution in [3.05, 3.63) is 50.1 Å². The lowest BCUT2D eigenvalue weighted by molar-refractivity contribution is -0.115. The number of rotatable bonds is 4. The van der Waals surface area contributed by atoms with Crippen LogP contribution < -0.4 is 11.3 Å². The molecule has 1 atom stereocenters. The van der Waals surface area contributed by atoms with Crippen LogP contribution in [0.5, 0.6) is 0 Å². The molecular formula is C21H23N3O2S2. The fourth-order valence-corrected chi connectivity index (χ4v) is 5.95. The molecule has 0 fully saturated rings. The zero-order chi connectivity index (χ0) is 20.0. The van der Waals surface area contributed by atoms with Gasteiger partial charge in [-0.2, -0.15) is 0 Å². The van der Waals surface area contributed by atoms with E-state index in [9.17, 15) is 9.59 Å². The Labute approximate surface area is 172 Å². The molecule has 3 aromatic rings. The highest BCUT2D eigenvalue weighted by Crippen LogP contribution is 2.37. The van der Waals surface area contributed by atoms with Crippen LogP contribution in [0.25, 0.3) is 15.9 Å². The highest BCUT2D eigenvalue weighted by atomic mass is 32.2. The summed E-state index contributed by atoms with van der Waals surface area (Å²) in [6.45, 7) is 6.24. The van der Waals surface area contributed by atoms with E-state index in [0.29, 0.717) is 11.1 Å². The fourth-order valence-electron chi connectivity index (χ4n) is 3.78. The van der Waals surface area contributed by atoms with Crippen molar-refractivity contribution in [1.82, 2.24) is 9.55 Å². The predicted octanol–water partition coefficient (Wildman–Crippen LogP) is 3.77. The fraction of sp³-hybridized carbons (Fsp3) is 0.381. The Bertz CT molecular complexity index is 1150. The van der Waals surface area contributed by atoms with Gasteiger partial charge in [-0.15, -0.1) is 11.3 Å². The Morgan fingerprint density at radius 1 is 1.39 bits per heavy atom. The Balaban J connectivity index is 2.01. The number of fused-ring (bicyclic) bond motifs is 3. The van der Waals surface area contributed by atoms with Crippen LogP contribution in [0.3, 0.4) is 0 Å². The molecule has 1 aromatic carbocycles. The topological polar surface area (TPSA) is 78.0 Å². The molecule has 1 aliphatic carbocycles. The number of carbonyl (C=O) groups is 1. The minimum atomic E-state index is -0.425. The summed E-state index contributed by atoms with van der Waals surface area (Å²) in [5.74, 6) is 0.293. The molecular weight excluding hydrogens is 390 g/mol. The number of primary amides is 1. The summed E-state index contributed by atoms with van der Waals surface area (Å²) in [6, 6.07) is 6.04. The average molecular weight is 414 g/mol. The molecule has 2 aromatic heterocycles. The lowest BCUT2D eigenvalue weighted by Crippen LogP contribution is -2.24. The molecule has 1 amide bonds. The summed E-state index contributed by atoms with van der Waals surface area (Å²) >= 11 is 2.85. The van der Waals surface area contributed by atoms with Crippen LogP contribution in [0.15, 0.2) is 28.2 Å². The normalized spacial score (nSPS) is 16.3. The standard InChI is InChI=1S/C21H23N3O2S2/c1-11-4-6-13(3)15(8-11)24-20(26)18-14-7-5-12(2)9-16(14)28-19(18)23-21(24)27-10-17(22)25/h4,6,8,12H,5,7,9-10H2,1-3H3,(H2,22,25)/t12-/m0/s1. The van der Waals surface area contributed by atoms with Crippen molar-refractivity contribution in [1.29, 1.82) is 0 Å². The van der Waals surface area contributed by atoms with Crippen LogP contribution in [-0.2, 0) is 17.6 Å². The molecule has 146 valence electrons. The van der Waals surface area contributed by atoms with E-state index in [1.54, 1.807) is 15.9 Å². The average Bonchev–Trinajstić information content (AvgIpc) is 2.99. The van der Waals surface area contributed by atoms with Gasteiger partial charge in [0.15, 0.2) is 5.16 Å². The Morgan fingerprint density at radius 2 is 2.18 bits per heavy atom. The second kappa shape index (κ2) is 7.37. The summed E-state index contributed by atoms with van der Waals surface area (Å²) in [6.07, 6.45) is 3.02. The van der Waals surface area contributed by atoms with Gasteiger partial charge in [-0.25, -0.2) is 4.98 Å². The molecule has 2 heterocycles. The lowest BCUT2D eigenvalue weighted by atomic mass is 9.89. The second-order valence-electron chi connectivity index (χ2n) is 7.61. The number of carbonyl (C=O) groups excluding carboxylic acids is 1. The van der Waals surface area contributed by atoms with Gasteiger partial charge < -0.3 is 5.73 Å². The van der Waals surface area contributed by atoms with E-state index in [1.807, 2.05) is 32.0 Å². The van der Waals surface area contributed by atoms with Crippen molar-refractivity contribution >= 4 is 39.2 Å². The highest BCUT2D eigenvalue weighted by Gasteiger charge is 2.25. The number of thiophene rings is 1. The molecule has 0 saturated heterocycles. The van der Waals surface area contributed by atoms with Crippen LogP contribution in [-0.4, -0.2) is 21.2 Å². The van der Waals surface area contributed by atoms with Gasteiger partial charge in [-0.3, -0.25) is 14.2 Å². The van der Waals surface area contributed by atoms with Crippen LogP contribution in [0.1, 0.15) is 34.9 Å². The minimum Gasteiger partial charge on any atom is -0.369 e. The van der Waals surface area contributed by atoms with E-state index >= 15 is 0 Å². The van der Waals surface area contributed by atoms with Crippen molar-refractivity contribution in [2.24, 2.45) is 11.7 Å². The summed E-state index contributed by atoms with van der Waals surface area (Å²) < 4.78 is 1.67. The summed E-state index contributed by atoms with van der Waals surface area (Å²) in [5, 5.41) is 1.27. The zero-order valence-corrected chi connectivity index (χ0v) is 17.9. The van der Waals surface area contributed by atoms with E-state index in [0.717, 1.165) is 46.3 Å². The van der Waals surface area contributed by atoms with E-state index < -0.39 is 5.91 Å². The smallest absolute Gasteiger partial charge is 0.267 e. The number of nitrogens with zero attached hydrogens (tertiary/aromatic N) is 2. The number of nitrogens with two attached hydrogens (primary N) is 1. The van der Waals surface area contributed by atoms with Crippen molar-refractivity contribution in [2.75, 3.05) is 5.75 Å². The maximum Gasteiger partial charge on any atom is 0.267 e. The monoisotopic (exact) mass is 413 g/mol. The summed E-state index contributed by atoms with van der Waals surface area (Å²) in [5.41, 5.74) is 9.36. The number of aromatic nitrogens is 2. The molecule has 0 saturated carbocycles.